The molecule has 0 saturated carbocycles. The van der Waals surface area contributed by atoms with Crippen LogP contribution in [0.25, 0.3) is 0 Å². The summed E-state index contributed by atoms with van der Waals surface area (Å²) in [4.78, 5) is 28.2. The second kappa shape index (κ2) is 6.12. The number of aryl methyl sites for hydroxylation is 1. The van der Waals surface area contributed by atoms with Gasteiger partial charge in [0, 0.05) is 15.3 Å². The molecule has 19 heavy (non-hydrogen) atoms. The first-order chi connectivity index (χ1) is 8.99. The van der Waals surface area contributed by atoms with Crippen LogP contribution < -0.4 is 5.56 Å². The molecule has 6 heteroatoms. The highest BCUT2D eigenvalue weighted by Gasteiger charge is 2.11. The van der Waals surface area contributed by atoms with Gasteiger partial charge in [0.25, 0.3) is 5.56 Å². The number of ketones is 1. The zero-order valence-corrected chi connectivity index (χ0v) is 14.4. The number of nitrogens with zero attached hydrogens (tertiary/aromatic N) is 2. The largest absolute Gasteiger partial charge is 0.292 e. The molecule has 0 saturated heterocycles. The molecule has 0 atom stereocenters. The number of halogens is 2. The smallest absolute Gasteiger partial charge is 0.267 e. The summed E-state index contributed by atoms with van der Waals surface area (Å²) in [6.45, 7) is 1.74. The average Bonchev–Trinajstić information content (AvgIpc) is 2.40. The maximum absolute atomic E-state index is 12.1. The third-order valence-corrected chi connectivity index (χ3v) is 4.13. The molecule has 0 unspecified atom stereocenters. The van der Waals surface area contributed by atoms with Gasteiger partial charge in [0.1, 0.15) is 5.82 Å². The summed E-state index contributed by atoms with van der Waals surface area (Å²) >= 11 is 4.11. The lowest BCUT2D eigenvalue weighted by Crippen LogP contribution is -2.28. The number of hydrogen-bond acceptors (Lipinski definition) is 3. The first-order valence-corrected chi connectivity index (χ1v) is 7.65. The number of aromatic nitrogens is 2. The van der Waals surface area contributed by atoms with E-state index in [0.29, 0.717) is 15.0 Å². The second-order valence-corrected chi connectivity index (χ2v) is 6.38. The molecule has 2 rings (SSSR count). The Morgan fingerprint density at radius 1 is 1.26 bits per heavy atom. The first kappa shape index (κ1) is 14.6. The summed E-state index contributed by atoms with van der Waals surface area (Å²) in [6, 6.07) is 7.28. The average molecular weight is 480 g/mol. The second-order valence-electron chi connectivity index (χ2n) is 3.97. The number of benzene rings is 1. The van der Waals surface area contributed by atoms with Gasteiger partial charge in [0.15, 0.2) is 5.78 Å². The van der Waals surface area contributed by atoms with Crippen LogP contribution in [-0.2, 0) is 6.54 Å². The lowest BCUT2D eigenvalue weighted by Gasteiger charge is -2.08. The fraction of sp³-hybridized carbons (Fsp3) is 0.154. The normalized spacial score (nSPS) is 10.5. The standard InChI is InChI=1S/C13H10I2N2O2/c1-8-16-6-11(15)13(19)17(8)7-12(18)9-2-4-10(14)5-3-9/h2-6H,7H2,1H3. The Bertz CT molecular complexity index is 678. The highest BCUT2D eigenvalue weighted by atomic mass is 127. The van der Waals surface area contributed by atoms with E-state index in [-0.39, 0.29) is 17.9 Å². The number of Topliss-reactive ketones (excluding diaryl/α,β-unsaturated/α-hetero) is 1. The lowest BCUT2D eigenvalue weighted by atomic mass is 10.1. The van der Waals surface area contributed by atoms with Crippen LogP contribution in [0.15, 0.2) is 35.3 Å². The third-order valence-electron chi connectivity index (χ3n) is 2.67. The molecule has 0 radical (unpaired) electrons. The van der Waals surface area contributed by atoms with Crippen molar-refractivity contribution < 1.29 is 4.79 Å². The van der Waals surface area contributed by atoms with Gasteiger partial charge in [-0.15, -0.1) is 0 Å². The zero-order valence-electron chi connectivity index (χ0n) is 10.1. The van der Waals surface area contributed by atoms with Crippen LogP contribution in [0.5, 0.6) is 0 Å². The van der Waals surface area contributed by atoms with E-state index in [9.17, 15) is 9.59 Å². The summed E-state index contributed by atoms with van der Waals surface area (Å²) < 4.78 is 2.99. The molecule has 2 aromatic rings. The Labute approximate surface area is 137 Å². The minimum atomic E-state index is -0.174. The van der Waals surface area contributed by atoms with Gasteiger partial charge < -0.3 is 0 Å². The van der Waals surface area contributed by atoms with Crippen LogP contribution >= 0.6 is 45.2 Å². The Hall–Kier alpha value is -0.770. The predicted octanol–water partition coefficient (Wildman–Crippen LogP) is 2.64. The van der Waals surface area contributed by atoms with E-state index in [1.54, 1.807) is 19.1 Å². The van der Waals surface area contributed by atoms with Crippen molar-refractivity contribution in [2.75, 3.05) is 0 Å². The van der Waals surface area contributed by atoms with Crippen LogP contribution in [0.1, 0.15) is 16.2 Å². The summed E-state index contributed by atoms with van der Waals surface area (Å²) in [7, 11) is 0. The van der Waals surface area contributed by atoms with E-state index in [0.717, 1.165) is 3.57 Å². The van der Waals surface area contributed by atoms with E-state index in [2.05, 4.69) is 27.6 Å². The predicted molar refractivity (Wildman–Crippen MR) is 89.4 cm³/mol. The molecule has 1 aromatic carbocycles. The molecule has 0 aliphatic carbocycles. The van der Waals surface area contributed by atoms with E-state index >= 15 is 0 Å². The highest BCUT2D eigenvalue weighted by molar-refractivity contribution is 14.1. The monoisotopic (exact) mass is 480 g/mol. The van der Waals surface area contributed by atoms with Gasteiger partial charge in [0.05, 0.1) is 10.1 Å². The molecule has 0 aliphatic heterocycles. The van der Waals surface area contributed by atoms with Crippen molar-refractivity contribution in [3.05, 3.63) is 59.3 Å². The Morgan fingerprint density at radius 3 is 2.53 bits per heavy atom. The van der Waals surface area contributed by atoms with Gasteiger partial charge >= 0.3 is 0 Å². The summed E-state index contributed by atoms with van der Waals surface area (Å²) in [6.07, 6.45) is 1.52. The Balaban J connectivity index is 2.32. The number of rotatable bonds is 3. The molecule has 1 aromatic heterocycles. The van der Waals surface area contributed by atoms with Gasteiger partial charge in [-0.1, -0.05) is 12.1 Å². The van der Waals surface area contributed by atoms with Gasteiger partial charge in [-0.2, -0.15) is 0 Å². The minimum absolute atomic E-state index is 0.0229. The topological polar surface area (TPSA) is 52.0 Å². The first-order valence-electron chi connectivity index (χ1n) is 5.50. The molecular weight excluding hydrogens is 470 g/mol. The molecule has 0 amide bonds. The molecule has 98 valence electrons. The molecule has 0 bridgehead atoms. The zero-order chi connectivity index (χ0) is 14.0. The highest BCUT2D eigenvalue weighted by Crippen LogP contribution is 2.08. The van der Waals surface area contributed by atoms with E-state index < -0.39 is 0 Å². The number of carbonyl (C=O) groups excluding carboxylic acids is 1. The fourth-order valence-corrected chi connectivity index (χ4v) is 2.40. The van der Waals surface area contributed by atoms with Gasteiger partial charge in [-0.05, 0) is 64.2 Å². The van der Waals surface area contributed by atoms with Crippen molar-refractivity contribution >= 4 is 51.0 Å². The fourth-order valence-electron chi connectivity index (χ4n) is 1.61. The van der Waals surface area contributed by atoms with Gasteiger partial charge in [-0.25, -0.2) is 4.98 Å². The SMILES string of the molecule is Cc1ncc(I)c(=O)n1CC(=O)c1ccc(I)cc1. The van der Waals surface area contributed by atoms with Crippen LogP contribution in [0.4, 0.5) is 0 Å². The van der Waals surface area contributed by atoms with E-state index in [1.807, 2.05) is 34.7 Å². The van der Waals surface area contributed by atoms with Crippen LogP contribution in [-0.4, -0.2) is 15.3 Å². The summed E-state index contributed by atoms with van der Waals surface area (Å²) in [5.74, 6) is 0.453. The molecule has 4 nitrogen and oxygen atoms in total. The van der Waals surface area contributed by atoms with Crippen molar-refractivity contribution in [2.24, 2.45) is 0 Å². The molecule has 0 fully saturated rings. The maximum atomic E-state index is 12.1. The van der Waals surface area contributed by atoms with Crippen molar-refractivity contribution in [3.8, 4) is 0 Å². The maximum Gasteiger partial charge on any atom is 0.267 e. The van der Waals surface area contributed by atoms with Gasteiger partial charge in [-0.3, -0.25) is 14.2 Å². The van der Waals surface area contributed by atoms with Crippen molar-refractivity contribution in [1.29, 1.82) is 0 Å². The lowest BCUT2D eigenvalue weighted by molar-refractivity contribution is 0.0969. The van der Waals surface area contributed by atoms with Crippen LogP contribution in [0, 0.1) is 14.1 Å². The summed E-state index contributed by atoms with van der Waals surface area (Å²) in [5, 5.41) is 0. The summed E-state index contributed by atoms with van der Waals surface area (Å²) in [5.41, 5.74) is 0.428. The molecule has 0 spiro atoms. The minimum Gasteiger partial charge on any atom is -0.292 e. The van der Waals surface area contributed by atoms with Crippen molar-refractivity contribution in [1.82, 2.24) is 9.55 Å². The Kier molecular flexibility index (Phi) is 4.71. The Morgan fingerprint density at radius 2 is 1.89 bits per heavy atom. The van der Waals surface area contributed by atoms with Crippen molar-refractivity contribution in [3.63, 3.8) is 0 Å². The van der Waals surface area contributed by atoms with Crippen LogP contribution in [0.3, 0.4) is 0 Å². The molecule has 0 aliphatic rings. The van der Waals surface area contributed by atoms with E-state index in [4.69, 9.17) is 0 Å². The van der Waals surface area contributed by atoms with Crippen molar-refractivity contribution in [2.45, 2.75) is 13.5 Å². The van der Waals surface area contributed by atoms with E-state index in [1.165, 1.54) is 10.8 Å². The third kappa shape index (κ3) is 3.41. The van der Waals surface area contributed by atoms with Gasteiger partial charge in [0.2, 0.25) is 0 Å². The number of hydrogen-bond donors (Lipinski definition) is 0. The molecular formula is C13H10I2N2O2. The van der Waals surface area contributed by atoms with Crippen LogP contribution in [0.2, 0.25) is 0 Å². The number of carbonyl (C=O) groups is 1. The molecule has 1 heterocycles. The molecule has 0 N–H and O–H groups in total. The quantitative estimate of drug-likeness (QED) is 0.502.